The fourth-order valence-electron chi connectivity index (χ4n) is 2.49. The highest BCUT2D eigenvalue weighted by Gasteiger charge is 2.28. The molecule has 0 radical (unpaired) electrons. The monoisotopic (exact) mass is 397 g/mol. The van der Waals surface area contributed by atoms with E-state index in [2.05, 4.69) is 0 Å². The van der Waals surface area contributed by atoms with Gasteiger partial charge in [-0.05, 0) is 43.2 Å². The Bertz CT molecular complexity index is 833. The first kappa shape index (κ1) is 20.9. The summed E-state index contributed by atoms with van der Waals surface area (Å²) in [6, 6.07) is 12.3. The van der Waals surface area contributed by atoms with Crippen molar-refractivity contribution in [3.63, 3.8) is 0 Å². The first-order valence-electron chi connectivity index (χ1n) is 8.15. The third-order valence-electron chi connectivity index (χ3n) is 4.09. The number of nitrogens with zero attached hydrogens (tertiary/aromatic N) is 1. The standard InChI is InChI=1S/C19H24ClNO4S/c1-14-6-9-17(10-7-14)26(22,23)21(13-19(24-3)25-4)12-16-8-5-15(2)11-18(16)20/h5-11,19H,12-13H2,1-4H3. The molecular formula is C19H24ClNO4S. The molecule has 0 aliphatic carbocycles. The first-order valence-corrected chi connectivity index (χ1v) is 9.97. The summed E-state index contributed by atoms with van der Waals surface area (Å²) in [5.41, 5.74) is 2.72. The molecule has 0 aliphatic heterocycles. The van der Waals surface area contributed by atoms with Gasteiger partial charge >= 0.3 is 0 Å². The molecule has 0 amide bonds. The Morgan fingerprint density at radius 1 is 1.00 bits per heavy atom. The number of sulfonamides is 1. The summed E-state index contributed by atoms with van der Waals surface area (Å²) in [5, 5.41) is 0.528. The summed E-state index contributed by atoms with van der Waals surface area (Å²) in [5.74, 6) is 0. The highest BCUT2D eigenvalue weighted by Crippen LogP contribution is 2.24. The van der Waals surface area contributed by atoms with Crippen LogP contribution in [0, 0.1) is 13.8 Å². The lowest BCUT2D eigenvalue weighted by atomic mass is 10.1. The van der Waals surface area contributed by atoms with Crippen LogP contribution < -0.4 is 0 Å². The molecule has 2 aromatic carbocycles. The highest BCUT2D eigenvalue weighted by molar-refractivity contribution is 7.89. The van der Waals surface area contributed by atoms with Gasteiger partial charge in [0.1, 0.15) is 0 Å². The van der Waals surface area contributed by atoms with Crippen LogP contribution in [-0.4, -0.2) is 39.8 Å². The fourth-order valence-corrected chi connectivity index (χ4v) is 4.19. The molecule has 26 heavy (non-hydrogen) atoms. The van der Waals surface area contributed by atoms with E-state index in [4.69, 9.17) is 21.1 Å². The predicted octanol–water partition coefficient (Wildman–Crippen LogP) is 3.77. The van der Waals surface area contributed by atoms with Crippen molar-refractivity contribution in [1.82, 2.24) is 4.31 Å². The number of benzene rings is 2. The number of hydrogen-bond acceptors (Lipinski definition) is 4. The predicted molar refractivity (Wildman–Crippen MR) is 103 cm³/mol. The zero-order chi connectivity index (χ0) is 19.3. The number of aryl methyl sites for hydroxylation is 2. The van der Waals surface area contributed by atoms with Crippen molar-refractivity contribution < 1.29 is 17.9 Å². The van der Waals surface area contributed by atoms with Gasteiger partial charge in [-0.2, -0.15) is 4.31 Å². The van der Waals surface area contributed by atoms with Crippen LogP contribution >= 0.6 is 11.6 Å². The number of ether oxygens (including phenoxy) is 2. The fraction of sp³-hybridized carbons (Fsp3) is 0.368. The summed E-state index contributed by atoms with van der Waals surface area (Å²) in [6.45, 7) is 4.01. The SMILES string of the molecule is COC(CN(Cc1ccc(C)cc1Cl)S(=O)(=O)c1ccc(C)cc1)OC. The van der Waals surface area contributed by atoms with Crippen LogP contribution in [0.25, 0.3) is 0 Å². The Morgan fingerprint density at radius 3 is 2.12 bits per heavy atom. The molecule has 0 saturated carbocycles. The lowest BCUT2D eigenvalue weighted by Gasteiger charge is -2.26. The molecule has 0 bridgehead atoms. The molecule has 7 heteroatoms. The first-order chi connectivity index (χ1) is 12.3. The second-order valence-corrected chi connectivity index (χ2v) is 8.45. The molecule has 0 fully saturated rings. The van der Waals surface area contributed by atoms with Crippen LogP contribution in [-0.2, 0) is 26.0 Å². The van der Waals surface area contributed by atoms with Crippen LogP contribution in [0.2, 0.25) is 5.02 Å². The lowest BCUT2D eigenvalue weighted by Crippen LogP contribution is -2.38. The summed E-state index contributed by atoms with van der Waals surface area (Å²) in [4.78, 5) is 0.220. The molecule has 0 N–H and O–H groups in total. The van der Waals surface area contributed by atoms with Crippen LogP contribution in [0.1, 0.15) is 16.7 Å². The van der Waals surface area contributed by atoms with E-state index in [0.29, 0.717) is 5.02 Å². The third kappa shape index (κ3) is 5.05. The van der Waals surface area contributed by atoms with Gasteiger partial charge in [0.2, 0.25) is 10.0 Å². The van der Waals surface area contributed by atoms with Gasteiger partial charge in [0.05, 0.1) is 11.4 Å². The van der Waals surface area contributed by atoms with E-state index in [0.717, 1.165) is 16.7 Å². The number of methoxy groups -OCH3 is 2. The van der Waals surface area contributed by atoms with E-state index < -0.39 is 16.3 Å². The normalized spacial score (nSPS) is 12.1. The van der Waals surface area contributed by atoms with Crippen molar-refractivity contribution in [2.75, 3.05) is 20.8 Å². The molecule has 0 aromatic heterocycles. The van der Waals surface area contributed by atoms with Gasteiger partial charge in [0, 0.05) is 25.8 Å². The van der Waals surface area contributed by atoms with Crippen molar-refractivity contribution in [2.45, 2.75) is 31.6 Å². The van der Waals surface area contributed by atoms with Gasteiger partial charge in [0.25, 0.3) is 0 Å². The van der Waals surface area contributed by atoms with Crippen molar-refractivity contribution in [3.05, 3.63) is 64.2 Å². The van der Waals surface area contributed by atoms with E-state index in [9.17, 15) is 8.42 Å². The van der Waals surface area contributed by atoms with Gasteiger partial charge < -0.3 is 9.47 Å². The molecule has 0 atom stereocenters. The molecular weight excluding hydrogens is 374 g/mol. The van der Waals surface area contributed by atoms with Crippen LogP contribution in [0.5, 0.6) is 0 Å². The Labute approximate surface area is 160 Å². The Balaban J connectivity index is 2.40. The molecule has 0 unspecified atom stereocenters. The molecule has 0 aliphatic rings. The van der Waals surface area contributed by atoms with Gasteiger partial charge in [-0.3, -0.25) is 0 Å². The van der Waals surface area contributed by atoms with Crippen LogP contribution in [0.3, 0.4) is 0 Å². The maximum absolute atomic E-state index is 13.2. The minimum Gasteiger partial charge on any atom is -0.354 e. The average Bonchev–Trinajstić information content (AvgIpc) is 2.60. The minimum absolute atomic E-state index is 0.0490. The van der Waals surface area contributed by atoms with Crippen molar-refractivity contribution in [3.8, 4) is 0 Å². The Hall–Kier alpha value is -1.44. The number of halogens is 1. The highest BCUT2D eigenvalue weighted by atomic mass is 35.5. The minimum atomic E-state index is -3.74. The second-order valence-electron chi connectivity index (χ2n) is 6.11. The Morgan fingerprint density at radius 2 is 1.58 bits per heavy atom. The molecule has 0 heterocycles. The molecule has 142 valence electrons. The summed E-state index contributed by atoms with van der Waals surface area (Å²) in [6.07, 6.45) is -0.681. The van der Waals surface area contributed by atoms with Gasteiger partial charge in [-0.25, -0.2) is 8.42 Å². The molecule has 5 nitrogen and oxygen atoms in total. The zero-order valence-electron chi connectivity index (χ0n) is 15.4. The van der Waals surface area contributed by atoms with Crippen molar-refractivity contribution in [1.29, 1.82) is 0 Å². The van der Waals surface area contributed by atoms with E-state index in [1.54, 1.807) is 24.3 Å². The summed E-state index contributed by atoms with van der Waals surface area (Å²) < 4.78 is 38.1. The largest absolute Gasteiger partial charge is 0.354 e. The number of rotatable bonds is 8. The lowest BCUT2D eigenvalue weighted by molar-refractivity contribution is -0.108. The average molecular weight is 398 g/mol. The molecule has 0 saturated heterocycles. The van der Waals surface area contributed by atoms with Crippen molar-refractivity contribution in [2.24, 2.45) is 0 Å². The number of hydrogen-bond donors (Lipinski definition) is 0. The topological polar surface area (TPSA) is 55.8 Å². The third-order valence-corrected chi connectivity index (χ3v) is 6.27. The van der Waals surface area contributed by atoms with Gasteiger partial charge in [-0.1, -0.05) is 41.4 Å². The molecule has 2 aromatic rings. The maximum atomic E-state index is 13.2. The summed E-state index contributed by atoms with van der Waals surface area (Å²) >= 11 is 6.31. The molecule has 0 spiro atoms. The van der Waals surface area contributed by atoms with E-state index in [-0.39, 0.29) is 18.0 Å². The van der Waals surface area contributed by atoms with E-state index >= 15 is 0 Å². The second kappa shape index (κ2) is 8.97. The summed E-state index contributed by atoms with van der Waals surface area (Å²) in [7, 11) is -0.792. The quantitative estimate of drug-likeness (QED) is 0.636. The van der Waals surface area contributed by atoms with E-state index in [1.165, 1.54) is 18.5 Å². The zero-order valence-corrected chi connectivity index (χ0v) is 17.0. The van der Waals surface area contributed by atoms with Crippen molar-refractivity contribution >= 4 is 21.6 Å². The van der Waals surface area contributed by atoms with Gasteiger partial charge in [-0.15, -0.1) is 0 Å². The maximum Gasteiger partial charge on any atom is 0.243 e. The van der Waals surface area contributed by atoms with Crippen LogP contribution in [0.15, 0.2) is 47.4 Å². The smallest absolute Gasteiger partial charge is 0.243 e. The van der Waals surface area contributed by atoms with E-state index in [1.807, 2.05) is 32.0 Å². The van der Waals surface area contributed by atoms with Gasteiger partial charge in [0.15, 0.2) is 6.29 Å². The molecule has 2 rings (SSSR count). The van der Waals surface area contributed by atoms with Crippen LogP contribution in [0.4, 0.5) is 0 Å². The Kier molecular flexibility index (Phi) is 7.20.